The summed E-state index contributed by atoms with van der Waals surface area (Å²) in [5.74, 6) is -0.639. The molecule has 5 heteroatoms. The highest BCUT2D eigenvalue weighted by Crippen LogP contribution is 2.43. The summed E-state index contributed by atoms with van der Waals surface area (Å²) in [6.07, 6.45) is -0.230. The lowest BCUT2D eigenvalue weighted by Gasteiger charge is -2.25. The fourth-order valence-electron chi connectivity index (χ4n) is 2.90. The van der Waals surface area contributed by atoms with Gasteiger partial charge in [-0.2, -0.15) is 0 Å². The van der Waals surface area contributed by atoms with Gasteiger partial charge in [-0.1, -0.05) is 24.3 Å². The fraction of sp³-hybridized carbons (Fsp3) is 0.294. The van der Waals surface area contributed by atoms with Gasteiger partial charge in [-0.25, -0.2) is 0 Å². The summed E-state index contributed by atoms with van der Waals surface area (Å²) in [4.78, 5) is 27.3. The first kappa shape index (κ1) is 14.9. The third-order valence-electron chi connectivity index (χ3n) is 3.91. The predicted octanol–water partition coefficient (Wildman–Crippen LogP) is 2.96. The maximum atomic E-state index is 12.8. The Morgan fingerprint density at radius 1 is 1.27 bits per heavy atom. The van der Waals surface area contributed by atoms with Gasteiger partial charge in [0.2, 0.25) is 0 Å². The van der Waals surface area contributed by atoms with Crippen molar-refractivity contribution in [3.63, 3.8) is 0 Å². The molecule has 0 unspecified atom stereocenters. The number of carbonyl (C=O) groups is 2. The highest BCUT2D eigenvalue weighted by Gasteiger charge is 2.51. The average Bonchev–Trinajstić information content (AvgIpc) is 3.07. The van der Waals surface area contributed by atoms with Gasteiger partial charge in [-0.05, 0) is 31.4 Å². The molecule has 1 aliphatic heterocycles. The van der Waals surface area contributed by atoms with Gasteiger partial charge in [0.15, 0.2) is 11.4 Å². The van der Waals surface area contributed by atoms with Crippen molar-refractivity contribution in [1.82, 2.24) is 0 Å². The second-order valence-electron chi connectivity index (χ2n) is 5.72. The molecule has 0 spiro atoms. The number of anilines is 1. The number of benzene rings is 1. The lowest BCUT2D eigenvalue weighted by atomic mass is 9.89. The molecule has 1 aliphatic rings. The highest BCUT2D eigenvalue weighted by molar-refractivity contribution is 7.12. The summed E-state index contributed by atoms with van der Waals surface area (Å²) in [6.45, 7) is 3.78. The number of amides is 1. The zero-order chi connectivity index (χ0) is 15.9. The molecule has 0 bridgehead atoms. The summed E-state index contributed by atoms with van der Waals surface area (Å²) < 4.78 is 0. The first-order valence-electron chi connectivity index (χ1n) is 7.17. The lowest BCUT2D eigenvalue weighted by molar-refractivity contribution is -0.136. The molecule has 0 saturated carbocycles. The molecular weight excluding hydrogens is 298 g/mol. The van der Waals surface area contributed by atoms with E-state index in [2.05, 4.69) is 0 Å². The van der Waals surface area contributed by atoms with Crippen molar-refractivity contribution in [2.24, 2.45) is 0 Å². The van der Waals surface area contributed by atoms with Crippen LogP contribution in [0.3, 0.4) is 0 Å². The molecule has 0 radical (unpaired) electrons. The third kappa shape index (κ3) is 2.17. The number of Topliss-reactive ketones (excluding diaryl/α,β-unsaturated/α-hetero) is 1. The normalized spacial score (nSPS) is 20.5. The number of rotatable bonds is 4. The van der Waals surface area contributed by atoms with Crippen molar-refractivity contribution in [3.05, 3.63) is 52.2 Å². The molecular formula is C17H17NO3S. The molecule has 114 valence electrons. The van der Waals surface area contributed by atoms with E-state index in [1.54, 1.807) is 35.2 Å². The second kappa shape index (κ2) is 5.34. The van der Waals surface area contributed by atoms with Crippen LogP contribution in [0.15, 0.2) is 41.8 Å². The van der Waals surface area contributed by atoms with Gasteiger partial charge in [0.05, 0.1) is 17.0 Å². The molecule has 22 heavy (non-hydrogen) atoms. The number of para-hydroxylation sites is 1. The predicted molar refractivity (Wildman–Crippen MR) is 86.2 cm³/mol. The van der Waals surface area contributed by atoms with Gasteiger partial charge in [0.1, 0.15) is 0 Å². The van der Waals surface area contributed by atoms with Gasteiger partial charge < -0.3 is 10.0 Å². The van der Waals surface area contributed by atoms with Crippen LogP contribution in [0.2, 0.25) is 0 Å². The minimum atomic E-state index is -1.78. The van der Waals surface area contributed by atoms with Crippen molar-refractivity contribution in [3.8, 4) is 0 Å². The number of fused-ring (bicyclic) bond motifs is 1. The van der Waals surface area contributed by atoms with Crippen molar-refractivity contribution in [2.45, 2.75) is 31.9 Å². The standard InChI is InChI=1S/C17H17NO3S/c1-11(2)18-13-7-4-3-6-12(13)17(21,16(18)20)10-14(19)15-8-5-9-22-15/h3-9,11,21H,10H2,1-2H3/t17-/m0/s1. The van der Waals surface area contributed by atoms with Crippen LogP contribution in [0.1, 0.15) is 35.5 Å². The minimum Gasteiger partial charge on any atom is -0.375 e. The van der Waals surface area contributed by atoms with Gasteiger partial charge in [0, 0.05) is 11.6 Å². The summed E-state index contributed by atoms with van der Waals surface area (Å²) in [6, 6.07) is 10.5. The number of hydrogen-bond acceptors (Lipinski definition) is 4. The van der Waals surface area contributed by atoms with E-state index in [0.717, 1.165) is 0 Å². The number of thiophene rings is 1. The maximum absolute atomic E-state index is 12.8. The molecule has 2 heterocycles. The van der Waals surface area contributed by atoms with Crippen molar-refractivity contribution in [1.29, 1.82) is 0 Å². The number of nitrogens with zero attached hydrogens (tertiary/aromatic N) is 1. The number of aliphatic hydroxyl groups is 1. The molecule has 1 aromatic heterocycles. The van der Waals surface area contributed by atoms with Crippen LogP contribution in [-0.2, 0) is 10.4 Å². The smallest absolute Gasteiger partial charge is 0.264 e. The Labute approximate surface area is 133 Å². The van der Waals surface area contributed by atoms with Crippen LogP contribution in [0.25, 0.3) is 0 Å². The van der Waals surface area contributed by atoms with Gasteiger partial charge in [-0.3, -0.25) is 9.59 Å². The van der Waals surface area contributed by atoms with Crippen molar-refractivity contribution >= 4 is 28.7 Å². The van der Waals surface area contributed by atoms with E-state index in [4.69, 9.17) is 0 Å². The number of carbonyl (C=O) groups excluding carboxylic acids is 2. The molecule has 1 amide bonds. The van der Waals surface area contributed by atoms with E-state index in [-0.39, 0.29) is 18.2 Å². The van der Waals surface area contributed by atoms with E-state index in [9.17, 15) is 14.7 Å². The lowest BCUT2D eigenvalue weighted by Crippen LogP contribution is -2.44. The Kier molecular flexibility index (Phi) is 3.62. The first-order chi connectivity index (χ1) is 10.4. The Morgan fingerprint density at radius 2 is 2.00 bits per heavy atom. The summed E-state index contributed by atoms with van der Waals surface area (Å²) in [7, 11) is 0. The van der Waals surface area contributed by atoms with Crippen molar-refractivity contribution < 1.29 is 14.7 Å². The zero-order valence-corrected chi connectivity index (χ0v) is 13.3. The topological polar surface area (TPSA) is 57.6 Å². The Balaban J connectivity index is 2.02. The van der Waals surface area contributed by atoms with Crippen LogP contribution in [0.5, 0.6) is 0 Å². The Morgan fingerprint density at radius 3 is 2.64 bits per heavy atom. The highest BCUT2D eigenvalue weighted by atomic mass is 32.1. The SMILES string of the molecule is CC(C)N1C(=O)[C@](O)(CC(=O)c2cccs2)c2ccccc21. The van der Waals surface area contributed by atoms with Crippen LogP contribution >= 0.6 is 11.3 Å². The molecule has 0 aliphatic carbocycles. The van der Waals surface area contributed by atoms with Crippen LogP contribution in [0, 0.1) is 0 Å². The van der Waals surface area contributed by atoms with E-state index in [0.29, 0.717) is 16.1 Å². The molecule has 2 aromatic rings. The van der Waals surface area contributed by atoms with E-state index >= 15 is 0 Å². The summed E-state index contributed by atoms with van der Waals surface area (Å²) in [5.41, 5.74) is -0.579. The summed E-state index contributed by atoms with van der Waals surface area (Å²) >= 11 is 1.32. The Bertz CT molecular complexity index is 723. The van der Waals surface area contributed by atoms with Gasteiger partial charge in [0.25, 0.3) is 5.91 Å². The minimum absolute atomic E-state index is 0.0838. The fourth-order valence-corrected chi connectivity index (χ4v) is 3.56. The zero-order valence-electron chi connectivity index (χ0n) is 12.4. The molecule has 4 nitrogen and oxygen atoms in total. The molecule has 1 atom stereocenters. The quantitative estimate of drug-likeness (QED) is 0.883. The second-order valence-corrected chi connectivity index (χ2v) is 6.67. The molecule has 3 rings (SSSR count). The van der Waals surface area contributed by atoms with E-state index in [1.165, 1.54) is 11.3 Å². The third-order valence-corrected chi connectivity index (χ3v) is 4.82. The number of ketones is 1. The average molecular weight is 315 g/mol. The largest absolute Gasteiger partial charge is 0.375 e. The maximum Gasteiger partial charge on any atom is 0.264 e. The van der Waals surface area contributed by atoms with Crippen LogP contribution in [0.4, 0.5) is 5.69 Å². The molecule has 1 aromatic carbocycles. The van der Waals surface area contributed by atoms with Crippen LogP contribution < -0.4 is 4.90 Å². The number of hydrogen-bond donors (Lipinski definition) is 1. The Hall–Kier alpha value is -1.98. The van der Waals surface area contributed by atoms with Gasteiger partial charge in [-0.15, -0.1) is 11.3 Å². The monoisotopic (exact) mass is 315 g/mol. The van der Waals surface area contributed by atoms with E-state index < -0.39 is 11.5 Å². The van der Waals surface area contributed by atoms with Gasteiger partial charge >= 0.3 is 0 Å². The van der Waals surface area contributed by atoms with Crippen LogP contribution in [-0.4, -0.2) is 22.8 Å². The summed E-state index contributed by atoms with van der Waals surface area (Å²) in [5, 5.41) is 12.8. The molecule has 0 fully saturated rings. The molecule has 1 N–H and O–H groups in total. The van der Waals surface area contributed by atoms with Crippen molar-refractivity contribution in [2.75, 3.05) is 4.90 Å². The first-order valence-corrected chi connectivity index (χ1v) is 8.05. The molecule has 0 saturated heterocycles. The van der Waals surface area contributed by atoms with E-state index in [1.807, 2.05) is 25.3 Å².